The molecular formula is C56H36N4. The summed E-state index contributed by atoms with van der Waals surface area (Å²) in [6.07, 6.45) is 0. The molecule has 12 aromatic rings. The van der Waals surface area contributed by atoms with Gasteiger partial charge in [0.05, 0.1) is 33.3 Å². The lowest BCUT2D eigenvalue weighted by molar-refractivity contribution is 1.18. The first-order chi connectivity index (χ1) is 29.7. The second kappa shape index (κ2) is 13.8. The molecule has 60 heavy (non-hydrogen) atoms. The molecule has 3 heterocycles. The van der Waals surface area contributed by atoms with Gasteiger partial charge in [0.15, 0.2) is 5.82 Å². The van der Waals surface area contributed by atoms with Gasteiger partial charge in [-0.15, -0.1) is 0 Å². The third-order valence-electron chi connectivity index (χ3n) is 11.9. The first-order valence-corrected chi connectivity index (χ1v) is 20.4. The van der Waals surface area contributed by atoms with Gasteiger partial charge < -0.3 is 9.13 Å². The molecular weight excluding hydrogens is 729 g/mol. The lowest BCUT2D eigenvalue weighted by Gasteiger charge is -2.13. The fraction of sp³-hybridized carbons (Fsp3) is 0. The van der Waals surface area contributed by atoms with Crippen molar-refractivity contribution in [1.29, 1.82) is 0 Å². The predicted molar refractivity (Wildman–Crippen MR) is 250 cm³/mol. The molecule has 0 aliphatic rings. The predicted octanol–water partition coefficient (Wildman–Crippen LogP) is 14.5. The SMILES string of the molecule is c1ccc(-c2nc(-c3cccc(-c4ccc5c6ccccc6n(-c6ccccc6)c5c4)c3)nc3ccc(-c4ccc5c(c4)c4ccccc4n5-c4ccccc4)cc23)cc1. The maximum absolute atomic E-state index is 5.35. The molecule has 0 atom stereocenters. The van der Waals surface area contributed by atoms with Crippen LogP contribution in [0.3, 0.4) is 0 Å². The largest absolute Gasteiger partial charge is 0.309 e. The van der Waals surface area contributed by atoms with Crippen molar-refractivity contribution < 1.29 is 0 Å². The summed E-state index contributed by atoms with van der Waals surface area (Å²) in [5, 5.41) is 5.96. The Kier molecular flexibility index (Phi) is 7.82. The highest BCUT2D eigenvalue weighted by molar-refractivity contribution is 6.12. The van der Waals surface area contributed by atoms with E-state index in [0.29, 0.717) is 5.82 Å². The molecule has 0 aliphatic carbocycles. The Morgan fingerprint density at radius 1 is 0.267 bits per heavy atom. The molecule has 3 aromatic heterocycles. The molecule has 12 rings (SSSR count). The number of para-hydroxylation sites is 4. The topological polar surface area (TPSA) is 35.6 Å². The van der Waals surface area contributed by atoms with Crippen LogP contribution in [0, 0.1) is 0 Å². The highest BCUT2D eigenvalue weighted by atomic mass is 15.0. The van der Waals surface area contributed by atoms with Crippen molar-refractivity contribution in [3.05, 3.63) is 218 Å². The zero-order valence-corrected chi connectivity index (χ0v) is 32.6. The molecule has 0 spiro atoms. The molecule has 0 N–H and O–H groups in total. The monoisotopic (exact) mass is 764 g/mol. The third kappa shape index (κ3) is 5.53. The van der Waals surface area contributed by atoms with Crippen LogP contribution < -0.4 is 0 Å². The molecule has 4 nitrogen and oxygen atoms in total. The van der Waals surface area contributed by atoms with Crippen LogP contribution in [-0.4, -0.2) is 19.1 Å². The molecule has 0 saturated heterocycles. The molecule has 0 unspecified atom stereocenters. The van der Waals surface area contributed by atoms with Gasteiger partial charge in [-0.05, 0) is 95.1 Å². The van der Waals surface area contributed by atoms with Crippen molar-refractivity contribution in [2.24, 2.45) is 0 Å². The van der Waals surface area contributed by atoms with Crippen LogP contribution in [0.25, 0.3) is 111 Å². The number of nitrogens with zero attached hydrogens (tertiary/aromatic N) is 4. The van der Waals surface area contributed by atoms with Crippen LogP contribution in [0.4, 0.5) is 0 Å². The van der Waals surface area contributed by atoms with Gasteiger partial charge >= 0.3 is 0 Å². The van der Waals surface area contributed by atoms with Gasteiger partial charge in [0.1, 0.15) is 0 Å². The fourth-order valence-electron chi connectivity index (χ4n) is 9.10. The van der Waals surface area contributed by atoms with Gasteiger partial charge in [0.25, 0.3) is 0 Å². The lowest BCUT2D eigenvalue weighted by Crippen LogP contribution is -1.96. The molecule has 0 fully saturated rings. The summed E-state index contributed by atoms with van der Waals surface area (Å²) in [4.78, 5) is 10.6. The minimum Gasteiger partial charge on any atom is -0.309 e. The van der Waals surface area contributed by atoms with E-state index in [9.17, 15) is 0 Å². The molecule has 0 bridgehead atoms. The molecule has 0 amide bonds. The summed E-state index contributed by atoms with van der Waals surface area (Å²) in [5.74, 6) is 0.700. The number of aromatic nitrogens is 4. The van der Waals surface area contributed by atoms with E-state index in [1.807, 2.05) is 0 Å². The highest BCUT2D eigenvalue weighted by Crippen LogP contribution is 2.39. The second-order valence-corrected chi connectivity index (χ2v) is 15.4. The van der Waals surface area contributed by atoms with Gasteiger partial charge in [-0.25, -0.2) is 9.97 Å². The van der Waals surface area contributed by atoms with Crippen molar-refractivity contribution in [3.63, 3.8) is 0 Å². The normalized spacial score (nSPS) is 11.7. The minimum atomic E-state index is 0.700. The van der Waals surface area contributed by atoms with Crippen LogP contribution in [0.1, 0.15) is 0 Å². The lowest BCUT2D eigenvalue weighted by atomic mass is 9.98. The smallest absolute Gasteiger partial charge is 0.160 e. The standard InChI is InChI=1S/C56H36N4/c1-4-15-37(16-5-1)55-49-35-39(40-29-32-53-48(34-40)46-24-11-13-26-52(46)59(53)43-19-6-2-7-20-43)28-31-50(49)57-56(58-55)42-18-14-17-38(33-42)41-27-30-47-45-23-10-12-25-51(45)60(54(47)36-41)44-21-8-3-9-22-44/h1-36H. The molecule has 0 aliphatic heterocycles. The Labute approximate surface area is 346 Å². The number of benzene rings is 9. The van der Waals surface area contributed by atoms with Gasteiger partial charge in [-0.1, -0.05) is 146 Å². The Bertz CT molecular complexity index is 3580. The fourth-order valence-corrected chi connectivity index (χ4v) is 9.10. The van der Waals surface area contributed by atoms with E-state index >= 15 is 0 Å². The molecule has 4 heteroatoms. The maximum atomic E-state index is 5.35. The van der Waals surface area contributed by atoms with Crippen molar-refractivity contribution in [3.8, 4) is 56.3 Å². The molecule has 0 radical (unpaired) electrons. The van der Waals surface area contributed by atoms with Gasteiger partial charge in [-0.2, -0.15) is 0 Å². The number of hydrogen-bond acceptors (Lipinski definition) is 2. The van der Waals surface area contributed by atoms with Crippen LogP contribution in [0.5, 0.6) is 0 Å². The zero-order chi connectivity index (χ0) is 39.6. The van der Waals surface area contributed by atoms with E-state index in [-0.39, 0.29) is 0 Å². The van der Waals surface area contributed by atoms with Crippen LogP contribution >= 0.6 is 0 Å². The summed E-state index contributed by atoms with van der Waals surface area (Å²) < 4.78 is 4.72. The van der Waals surface area contributed by atoms with Crippen molar-refractivity contribution in [1.82, 2.24) is 19.1 Å². The summed E-state index contributed by atoms with van der Waals surface area (Å²) in [6, 6.07) is 77.9. The number of rotatable bonds is 6. The van der Waals surface area contributed by atoms with Crippen LogP contribution in [0.2, 0.25) is 0 Å². The van der Waals surface area contributed by atoms with E-state index in [2.05, 4.69) is 228 Å². The van der Waals surface area contributed by atoms with Crippen LogP contribution in [0.15, 0.2) is 218 Å². The molecule has 9 aromatic carbocycles. The van der Waals surface area contributed by atoms with Crippen LogP contribution in [-0.2, 0) is 0 Å². The average Bonchev–Trinajstić information content (AvgIpc) is 3.84. The van der Waals surface area contributed by atoms with E-state index in [0.717, 1.165) is 61.4 Å². The second-order valence-electron chi connectivity index (χ2n) is 15.4. The Hall–Kier alpha value is -8.08. The number of fused-ring (bicyclic) bond motifs is 7. The van der Waals surface area contributed by atoms with Crippen molar-refractivity contribution >= 4 is 54.5 Å². The average molecular weight is 765 g/mol. The Morgan fingerprint density at radius 3 is 1.47 bits per heavy atom. The van der Waals surface area contributed by atoms with Gasteiger partial charge in [0.2, 0.25) is 0 Å². The van der Waals surface area contributed by atoms with E-state index < -0.39 is 0 Å². The van der Waals surface area contributed by atoms with Crippen molar-refractivity contribution in [2.45, 2.75) is 0 Å². The van der Waals surface area contributed by atoms with Gasteiger partial charge in [0, 0.05) is 49.4 Å². The first-order valence-electron chi connectivity index (χ1n) is 20.4. The zero-order valence-electron chi connectivity index (χ0n) is 32.6. The minimum absolute atomic E-state index is 0.700. The van der Waals surface area contributed by atoms with E-state index in [1.165, 1.54) is 43.6 Å². The quantitative estimate of drug-likeness (QED) is 0.169. The summed E-state index contributed by atoms with van der Waals surface area (Å²) in [6.45, 7) is 0. The van der Waals surface area contributed by atoms with E-state index in [4.69, 9.17) is 9.97 Å². The maximum Gasteiger partial charge on any atom is 0.160 e. The van der Waals surface area contributed by atoms with E-state index in [1.54, 1.807) is 0 Å². The third-order valence-corrected chi connectivity index (χ3v) is 11.9. The van der Waals surface area contributed by atoms with Crippen molar-refractivity contribution in [2.75, 3.05) is 0 Å². The molecule has 0 saturated carbocycles. The van der Waals surface area contributed by atoms with Gasteiger partial charge in [-0.3, -0.25) is 0 Å². The summed E-state index contributed by atoms with van der Waals surface area (Å²) >= 11 is 0. The summed E-state index contributed by atoms with van der Waals surface area (Å²) in [7, 11) is 0. The molecule has 280 valence electrons. The Morgan fingerprint density at radius 2 is 0.750 bits per heavy atom. The first kappa shape index (κ1) is 34.0. The Balaban J connectivity index is 0.979. The highest BCUT2D eigenvalue weighted by Gasteiger charge is 2.17. The number of hydrogen-bond donors (Lipinski definition) is 0. The summed E-state index contributed by atoms with van der Waals surface area (Å²) in [5.41, 5.74) is 15.4.